The van der Waals surface area contributed by atoms with E-state index in [0.717, 1.165) is 0 Å². The molecule has 1 heterocycles. The van der Waals surface area contributed by atoms with Gasteiger partial charge in [0.2, 0.25) is 0 Å². The summed E-state index contributed by atoms with van der Waals surface area (Å²) in [7, 11) is -4.26. The summed E-state index contributed by atoms with van der Waals surface area (Å²) in [6.45, 7) is 0. The Hall–Kier alpha value is -0.200. The van der Waals surface area contributed by atoms with Crippen LogP contribution in [0.3, 0.4) is 0 Å². The molecule has 0 spiro atoms. The first kappa shape index (κ1) is 12.3. The molecule has 2 rings (SSSR count). The average molecular weight is 322 g/mol. The molecule has 1 aliphatic heterocycles. The fourth-order valence-corrected chi connectivity index (χ4v) is 3.66. The Bertz CT molecular complexity index is 622. The molecule has 0 bridgehead atoms. The number of benzene rings is 1. The van der Waals surface area contributed by atoms with E-state index in [4.69, 9.17) is 46.4 Å². The third-order valence-corrected chi connectivity index (χ3v) is 5.06. The molecule has 9 heteroatoms. The zero-order chi connectivity index (χ0) is 12.2. The van der Waals surface area contributed by atoms with E-state index in [9.17, 15) is 13.2 Å². The van der Waals surface area contributed by atoms with Crippen molar-refractivity contribution in [1.82, 2.24) is 0 Å². The number of carbonyl (C=O) groups excluding carboxylic acids is 1. The second-order valence-corrected chi connectivity index (χ2v) is 5.78. The van der Waals surface area contributed by atoms with Gasteiger partial charge in [-0.3, -0.25) is 0 Å². The van der Waals surface area contributed by atoms with Crippen molar-refractivity contribution in [2.75, 3.05) is 0 Å². The number of fused-ring (bicyclic) bond motifs is 1. The van der Waals surface area contributed by atoms with Crippen LogP contribution in [-0.2, 0) is 14.3 Å². The van der Waals surface area contributed by atoms with E-state index in [-0.39, 0.29) is 25.7 Å². The molecule has 0 saturated heterocycles. The molecule has 0 aromatic heterocycles. The standard InChI is InChI=1S/C7Cl4O4S/c8-2-1-6(5(11)4(10)3(2)9)16(13,14)15-7(1)12. The van der Waals surface area contributed by atoms with E-state index in [1.807, 2.05) is 0 Å². The van der Waals surface area contributed by atoms with Gasteiger partial charge in [-0.15, -0.1) is 0 Å². The van der Waals surface area contributed by atoms with Crippen LogP contribution in [0.15, 0.2) is 4.90 Å². The molecule has 1 aliphatic rings. The number of hydrogen-bond acceptors (Lipinski definition) is 4. The van der Waals surface area contributed by atoms with Gasteiger partial charge in [0, 0.05) is 0 Å². The third-order valence-electron chi connectivity index (χ3n) is 1.86. The fraction of sp³-hybridized carbons (Fsp3) is 0. The lowest BCUT2D eigenvalue weighted by Gasteiger charge is -2.05. The maximum atomic E-state index is 11.4. The van der Waals surface area contributed by atoms with E-state index < -0.39 is 21.0 Å². The minimum absolute atomic E-state index is 0.193. The van der Waals surface area contributed by atoms with Crippen molar-refractivity contribution >= 4 is 62.5 Å². The first-order valence-electron chi connectivity index (χ1n) is 3.62. The van der Waals surface area contributed by atoms with Gasteiger partial charge in [-0.1, -0.05) is 46.4 Å². The number of carbonyl (C=O) groups is 1. The highest BCUT2D eigenvalue weighted by Gasteiger charge is 2.42. The lowest BCUT2D eigenvalue weighted by molar-refractivity contribution is 0.0763. The van der Waals surface area contributed by atoms with E-state index in [1.165, 1.54) is 0 Å². The molecule has 1 aromatic carbocycles. The van der Waals surface area contributed by atoms with Gasteiger partial charge in [0.1, 0.15) is 10.5 Å². The zero-order valence-electron chi connectivity index (χ0n) is 7.05. The van der Waals surface area contributed by atoms with Crippen molar-refractivity contribution < 1.29 is 17.4 Å². The first-order valence-corrected chi connectivity index (χ1v) is 6.54. The topological polar surface area (TPSA) is 60.4 Å². The number of hydrogen-bond donors (Lipinski definition) is 0. The van der Waals surface area contributed by atoms with Crippen LogP contribution in [-0.4, -0.2) is 14.4 Å². The predicted molar refractivity (Wildman–Crippen MR) is 59.1 cm³/mol. The van der Waals surface area contributed by atoms with Crippen LogP contribution in [0.2, 0.25) is 20.1 Å². The summed E-state index contributed by atoms with van der Waals surface area (Å²) in [5.74, 6) is -1.12. The minimum atomic E-state index is -4.26. The summed E-state index contributed by atoms with van der Waals surface area (Å²) >= 11 is 22.7. The van der Waals surface area contributed by atoms with Crippen LogP contribution < -0.4 is 0 Å². The molecule has 86 valence electrons. The van der Waals surface area contributed by atoms with Crippen LogP contribution in [0.4, 0.5) is 0 Å². The molecule has 0 unspecified atom stereocenters. The second kappa shape index (κ2) is 3.65. The molecule has 0 N–H and O–H groups in total. The van der Waals surface area contributed by atoms with Gasteiger partial charge >= 0.3 is 16.1 Å². The summed E-state index contributed by atoms with van der Waals surface area (Å²) in [5.41, 5.74) is -0.388. The normalized spacial score (nSPS) is 17.1. The summed E-state index contributed by atoms with van der Waals surface area (Å²) in [4.78, 5) is 10.7. The maximum absolute atomic E-state index is 11.4. The average Bonchev–Trinajstić information content (AvgIpc) is 2.42. The Morgan fingerprint density at radius 3 is 1.94 bits per heavy atom. The van der Waals surface area contributed by atoms with Crippen LogP contribution in [0.5, 0.6) is 0 Å². The molecule has 16 heavy (non-hydrogen) atoms. The molecular weight excluding hydrogens is 322 g/mol. The SMILES string of the molecule is O=C1OS(=O)(=O)c2c(Cl)c(Cl)c(Cl)c(Cl)c21. The Morgan fingerprint density at radius 2 is 1.38 bits per heavy atom. The largest absolute Gasteiger partial charge is 0.357 e. The first-order chi connectivity index (χ1) is 7.27. The highest BCUT2D eigenvalue weighted by Crippen LogP contribution is 2.46. The molecular formula is C7Cl4O4S. The molecule has 0 saturated carbocycles. The van der Waals surface area contributed by atoms with Crippen LogP contribution in [0.1, 0.15) is 10.4 Å². The van der Waals surface area contributed by atoms with Gasteiger partial charge in [-0.25, -0.2) is 4.79 Å². The van der Waals surface area contributed by atoms with Gasteiger partial charge in [0.25, 0.3) is 0 Å². The van der Waals surface area contributed by atoms with Crippen molar-refractivity contribution in [2.24, 2.45) is 0 Å². The highest BCUT2D eigenvalue weighted by atomic mass is 35.5. The Labute approximate surface area is 110 Å². The van der Waals surface area contributed by atoms with E-state index in [0.29, 0.717) is 0 Å². The summed E-state index contributed by atoms with van der Waals surface area (Å²) in [5, 5.41) is -1.11. The summed E-state index contributed by atoms with van der Waals surface area (Å²) in [6, 6.07) is 0. The Kier molecular flexibility index (Phi) is 2.79. The molecule has 0 amide bonds. The number of halogens is 4. The second-order valence-electron chi connectivity index (χ2n) is 2.78. The maximum Gasteiger partial charge on any atom is 0.357 e. The minimum Gasteiger partial charge on any atom is -0.338 e. The smallest absolute Gasteiger partial charge is 0.338 e. The van der Waals surface area contributed by atoms with Gasteiger partial charge < -0.3 is 4.18 Å². The summed E-state index contributed by atoms with van der Waals surface area (Å²) < 4.78 is 27.0. The van der Waals surface area contributed by atoms with Crippen molar-refractivity contribution in [3.05, 3.63) is 25.7 Å². The molecule has 0 radical (unpaired) electrons. The third kappa shape index (κ3) is 1.50. The lowest BCUT2D eigenvalue weighted by atomic mass is 10.2. The van der Waals surface area contributed by atoms with Crippen LogP contribution in [0, 0.1) is 0 Å². The molecule has 0 aliphatic carbocycles. The van der Waals surface area contributed by atoms with E-state index in [2.05, 4.69) is 4.18 Å². The molecule has 1 aromatic rings. The Morgan fingerprint density at radius 1 is 0.875 bits per heavy atom. The van der Waals surface area contributed by atoms with Gasteiger partial charge in [-0.2, -0.15) is 8.42 Å². The zero-order valence-corrected chi connectivity index (χ0v) is 10.9. The highest BCUT2D eigenvalue weighted by molar-refractivity contribution is 7.87. The van der Waals surface area contributed by atoms with E-state index in [1.54, 1.807) is 0 Å². The van der Waals surface area contributed by atoms with Crippen molar-refractivity contribution in [3.8, 4) is 0 Å². The van der Waals surface area contributed by atoms with Gasteiger partial charge in [-0.05, 0) is 0 Å². The van der Waals surface area contributed by atoms with Crippen LogP contribution >= 0.6 is 46.4 Å². The molecule has 0 fully saturated rings. The molecule has 0 atom stereocenters. The van der Waals surface area contributed by atoms with Crippen molar-refractivity contribution in [2.45, 2.75) is 4.90 Å². The van der Waals surface area contributed by atoms with Crippen LogP contribution in [0.25, 0.3) is 0 Å². The fourth-order valence-electron chi connectivity index (χ4n) is 1.21. The summed E-state index contributed by atoms with van der Waals surface area (Å²) in [6.07, 6.45) is 0. The predicted octanol–water partition coefficient (Wildman–Crippen LogP) is 3.16. The number of rotatable bonds is 0. The monoisotopic (exact) mass is 320 g/mol. The molecule has 4 nitrogen and oxygen atoms in total. The Balaban J connectivity index is 3.03. The van der Waals surface area contributed by atoms with Crippen molar-refractivity contribution in [3.63, 3.8) is 0 Å². The van der Waals surface area contributed by atoms with Crippen molar-refractivity contribution in [1.29, 1.82) is 0 Å². The quantitative estimate of drug-likeness (QED) is 0.418. The van der Waals surface area contributed by atoms with Gasteiger partial charge in [0.15, 0.2) is 0 Å². The lowest BCUT2D eigenvalue weighted by Crippen LogP contribution is -1.99. The van der Waals surface area contributed by atoms with E-state index >= 15 is 0 Å². The van der Waals surface area contributed by atoms with Gasteiger partial charge in [0.05, 0.1) is 20.1 Å².